The van der Waals surface area contributed by atoms with Gasteiger partial charge in [-0.3, -0.25) is 0 Å². The monoisotopic (exact) mass is 323 g/mol. The fourth-order valence-corrected chi connectivity index (χ4v) is 2.73. The van der Waals surface area contributed by atoms with Crippen molar-refractivity contribution in [3.05, 3.63) is 49.7 Å². The van der Waals surface area contributed by atoms with Gasteiger partial charge in [0.1, 0.15) is 0 Å². The van der Waals surface area contributed by atoms with Crippen molar-refractivity contribution < 1.29 is 0 Å². The van der Waals surface area contributed by atoms with Gasteiger partial charge in [0.05, 0.1) is 5.69 Å². The summed E-state index contributed by atoms with van der Waals surface area (Å²) in [5.74, 6) is 0. The van der Waals surface area contributed by atoms with Crippen LogP contribution in [0.25, 0.3) is 5.69 Å². The van der Waals surface area contributed by atoms with Gasteiger partial charge in [-0.25, -0.2) is 23.5 Å². The molecule has 1 aromatic heterocycles. The van der Waals surface area contributed by atoms with E-state index in [0.29, 0.717) is 18.8 Å². The van der Waals surface area contributed by atoms with Crippen LogP contribution in [0, 0.1) is 0 Å². The molecule has 0 fully saturated rings. The van der Waals surface area contributed by atoms with Gasteiger partial charge in [-0.1, -0.05) is 15.9 Å². The maximum atomic E-state index is 12.4. The Bertz CT molecular complexity index is 671. The van der Waals surface area contributed by atoms with Crippen molar-refractivity contribution >= 4 is 15.9 Å². The third kappa shape index (κ3) is 2.10. The van der Waals surface area contributed by atoms with E-state index in [1.54, 1.807) is 21.5 Å². The molecular formula is C13H14BrN3O2. The maximum Gasteiger partial charge on any atom is 0.351 e. The number of aromatic nitrogens is 3. The van der Waals surface area contributed by atoms with E-state index in [-0.39, 0.29) is 11.4 Å². The van der Waals surface area contributed by atoms with Crippen LogP contribution < -0.4 is 11.4 Å². The van der Waals surface area contributed by atoms with Crippen LogP contribution in [-0.2, 0) is 13.1 Å². The second kappa shape index (κ2) is 4.85. The van der Waals surface area contributed by atoms with Gasteiger partial charge in [-0.05, 0) is 43.5 Å². The van der Waals surface area contributed by atoms with Gasteiger partial charge in [-0.15, -0.1) is 0 Å². The Labute approximate surface area is 118 Å². The van der Waals surface area contributed by atoms with Crippen LogP contribution in [0.1, 0.15) is 19.3 Å². The number of halogens is 1. The van der Waals surface area contributed by atoms with Crippen LogP contribution >= 0.6 is 15.9 Å². The molecule has 19 heavy (non-hydrogen) atoms. The van der Waals surface area contributed by atoms with Crippen LogP contribution in [0.15, 0.2) is 38.3 Å². The first kappa shape index (κ1) is 12.5. The van der Waals surface area contributed by atoms with E-state index in [4.69, 9.17) is 0 Å². The zero-order valence-corrected chi connectivity index (χ0v) is 12.0. The maximum absolute atomic E-state index is 12.4. The molecule has 0 aliphatic carbocycles. The number of rotatable bonds is 1. The van der Waals surface area contributed by atoms with Gasteiger partial charge in [0.25, 0.3) is 0 Å². The van der Waals surface area contributed by atoms with Crippen LogP contribution in [0.5, 0.6) is 0 Å². The topological polar surface area (TPSA) is 48.9 Å². The minimum atomic E-state index is -0.241. The predicted octanol–water partition coefficient (Wildman–Crippen LogP) is 1.75. The number of benzene rings is 1. The van der Waals surface area contributed by atoms with Crippen LogP contribution in [0.3, 0.4) is 0 Å². The molecular weight excluding hydrogens is 310 g/mol. The zero-order chi connectivity index (χ0) is 13.4. The second-order valence-corrected chi connectivity index (χ2v) is 5.60. The quantitative estimate of drug-likeness (QED) is 0.802. The van der Waals surface area contributed by atoms with E-state index in [1.165, 1.54) is 4.57 Å². The Morgan fingerprint density at radius 1 is 0.842 bits per heavy atom. The molecule has 5 nitrogen and oxygen atoms in total. The number of nitrogens with zero attached hydrogens (tertiary/aromatic N) is 3. The van der Waals surface area contributed by atoms with Crippen molar-refractivity contribution in [2.24, 2.45) is 0 Å². The van der Waals surface area contributed by atoms with Crippen LogP contribution in [0.2, 0.25) is 0 Å². The van der Waals surface area contributed by atoms with E-state index in [2.05, 4.69) is 15.9 Å². The highest BCUT2D eigenvalue weighted by molar-refractivity contribution is 9.10. The number of hydrogen-bond acceptors (Lipinski definition) is 2. The minimum absolute atomic E-state index is 0.241. The van der Waals surface area contributed by atoms with Gasteiger partial charge in [-0.2, -0.15) is 0 Å². The number of fused-ring (bicyclic) bond motifs is 1. The molecule has 0 N–H and O–H groups in total. The summed E-state index contributed by atoms with van der Waals surface area (Å²) >= 11 is 3.35. The first-order valence-electron chi connectivity index (χ1n) is 6.37. The molecule has 0 radical (unpaired) electrons. The van der Waals surface area contributed by atoms with Gasteiger partial charge >= 0.3 is 11.4 Å². The zero-order valence-electron chi connectivity index (χ0n) is 10.4. The van der Waals surface area contributed by atoms with Gasteiger partial charge in [0, 0.05) is 17.6 Å². The highest BCUT2D eigenvalue weighted by atomic mass is 79.9. The lowest BCUT2D eigenvalue weighted by atomic mass is 10.2. The van der Waals surface area contributed by atoms with Crippen LogP contribution in [-0.4, -0.2) is 13.9 Å². The molecule has 0 bridgehead atoms. The van der Waals surface area contributed by atoms with E-state index in [1.807, 2.05) is 12.1 Å². The summed E-state index contributed by atoms with van der Waals surface area (Å²) in [4.78, 5) is 24.7. The Morgan fingerprint density at radius 3 is 1.89 bits per heavy atom. The highest BCUT2D eigenvalue weighted by Crippen LogP contribution is 2.12. The van der Waals surface area contributed by atoms with E-state index < -0.39 is 0 Å². The molecule has 3 rings (SSSR count). The lowest BCUT2D eigenvalue weighted by molar-refractivity contribution is 0.466. The fraction of sp³-hybridized carbons (Fsp3) is 0.385. The normalized spacial score (nSPS) is 15.0. The van der Waals surface area contributed by atoms with Crippen molar-refractivity contribution in [2.75, 3.05) is 0 Å². The molecule has 2 aromatic rings. The van der Waals surface area contributed by atoms with Crippen molar-refractivity contribution in [1.29, 1.82) is 0 Å². The number of hydrogen-bond donors (Lipinski definition) is 0. The van der Waals surface area contributed by atoms with Crippen molar-refractivity contribution in [3.8, 4) is 5.69 Å². The average Bonchev–Trinajstić information content (AvgIpc) is 2.61. The molecule has 100 valence electrons. The summed E-state index contributed by atoms with van der Waals surface area (Å²) < 4.78 is 5.30. The molecule has 0 atom stereocenters. The first-order valence-corrected chi connectivity index (χ1v) is 7.16. The van der Waals surface area contributed by atoms with Crippen LogP contribution in [0.4, 0.5) is 0 Å². The molecule has 6 heteroatoms. The van der Waals surface area contributed by atoms with Crippen molar-refractivity contribution in [1.82, 2.24) is 13.9 Å². The Hall–Kier alpha value is -1.56. The molecule has 0 saturated carbocycles. The highest BCUT2D eigenvalue weighted by Gasteiger charge is 2.18. The van der Waals surface area contributed by atoms with E-state index in [9.17, 15) is 9.59 Å². The molecule has 0 spiro atoms. The summed E-state index contributed by atoms with van der Waals surface area (Å²) in [6.45, 7) is 1.25. The lowest BCUT2D eigenvalue weighted by Crippen LogP contribution is -2.27. The second-order valence-electron chi connectivity index (χ2n) is 4.68. The molecule has 1 aliphatic heterocycles. The molecule has 2 heterocycles. The SMILES string of the molecule is O=c1n(-c2ccc(Br)cc2)c(=O)n2n1CCCCC2. The van der Waals surface area contributed by atoms with Crippen molar-refractivity contribution in [2.45, 2.75) is 32.4 Å². The van der Waals surface area contributed by atoms with Gasteiger partial charge < -0.3 is 0 Å². The molecule has 1 aliphatic rings. The first-order chi connectivity index (χ1) is 9.18. The molecule has 0 unspecified atom stereocenters. The standard InChI is InChI=1S/C13H14BrN3O2/c14-10-4-6-11(7-5-10)17-12(18)15-8-2-1-3-9-16(15)13(17)19/h4-7H,1-3,8-9H2. The lowest BCUT2D eigenvalue weighted by Gasteiger charge is -2.01. The Morgan fingerprint density at radius 2 is 1.37 bits per heavy atom. The summed E-state index contributed by atoms with van der Waals surface area (Å²) in [5.41, 5.74) is 0.134. The molecule has 0 saturated heterocycles. The average molecular weight is 324 g/mol. The van der Waals surface area contributed by atoms with Gasteiger partial charge in [0.2, 0.25) is 0 Å². The Kier molecular flexibility index (Phi) is 3.18. The Balaban J connectivity index is 2.20. The fourth-order valence-electron chi connectivity index (χ4n) is 2.46. The predicted molar refractivity (Wildman–Crippen MR) is 75.8 cm³/mol. The van der Waals surface area contributed by atoms with Gasteiger partial charge in [0.15, 0.2) is 0 Å². The summed E-state index contributed by atoms with van der Waals surface area (Å²) in [6, 6.07) is 7.20. The summed E-state index contributed by atoms with van der Waals surface area (Å²) in [5, 5.41) is 0. The third-order valence-electron chi connectivity index (χ3n) is 3.44. The van der Waals surface area contributed by atoms with Crippen molar-refractivity contribution in [3.63, 3.8) is 0 Å². The molecule has 0 amide bonds. The molecule has 1 aromatic carbocycles. The smallest absolute Gasteiger partial charge is 0.246 e. The largest absolute Gasteiger partial charge is 0.351 e. The van der Waals surface area contributed by atoms with E-state index in [0.717, 1.165) is 23.7 Å². The minimum Gasteiger partial charge on any atom is -0.246 e. The third-order valence-corrected chi connectivity index (χ3v) is 3.97. The summed E-state index contributed by atoms with van der Waals surface area (Å²) in [7, 11) is 0. The summed E-state index contributed by atoms with van der Waals surface area (Å²) in [6.07, 6.45) is 2.96. The van der Waals surface area contributed by atoms with E-state index >= 15 is 0 Å².